The van der Waals surface area contributed by atoms with Gasteiger partial charge in [0.05, 0.1) is 5.92 Å². The predicted molar refractivity (Wildman–Crippen MR) is 75.5 cm³/mol. The molecule has 0 aliphatic carbocycles. The fourth-order valence-electron chi connectivity index (χ4n) is 2.43. The molecule has 1 rings (SSSR count). The number of nitrogens with zero attached hydrogens (tertiary/aromatic N) is 1. The maximum atomic E-state index is 12.3. The van der Waals surface area contributed by atoms with Crippen LogP contribution in [0.1, 0.15) is 26.2 Å². The van der Waals surface area contributed by atoms with Crippen LogP contribution in [-0.4, -0.2) is 48.9 Å². The van der Waals surface area contributed by atoms with E-state index in [1.807, 2.05) is 4.90 Å². The molecule has 2 amide bonds. The number of unbranched alkanes of at least 4 members (excludes halogenated alkanes) is 1. The molecule has 1 aliphatic heterocycles. The molecule has 1 N–H and O–H groups in total. The Morgan fingerprint density at radius 1 is 1.56 bits per heavy atom. The molecule has 0 spiro atoms. The van der Waals surface area contributed by atoms with Gasteiger partial charge in [0.2, 0.25) is 11.8 Å². The number of likely N-dealkylation sites (tertiary alicyclic amines) is 1. The molecule has 0 aromatic heterocycles. The predicted octanol–water partition coefficient (Wildman–Crippen LogP) is 1.36. The number of thioether (sulfide) groups is 1. The van der Waals surface area contributed by atoms with Crippen molar-refractivity contribution in [3.05, 3.63) is 0 Å². The number of carbonyl (C=O) groups excluding carboxylic acids is 2. The molecular formula is C13H24N2O2S. The van der Waals surface area contributed by atoms with Gasteiger partial charge in [0.15, 0.2) is 0 Å². The van der Waals surface area contributed by atoms with Crippen LogP contribution >= 0.6 is 11.8 Å². The highest BCUT2D eigenvalue weighted by Crippen LogP contribution is 2.30. The molecule has 0 saturated carbocycles. The molecule has 0 radical (unpaired) electrons. The van der Waals surface area contributed by atoms with Gasteiger partial charge < -0.3 is 10.2 Å². The Hall–Kier alpha value is -0.710. The van der Waals surface area contributed by atoms with E-state index >= 15 is 0 Å². The van der Waals surface area contributed by atoms with E-state index in [-0.39, 0.29) is 17.7 Å². The Bertz CT molecular complexity index is 297. The number of hydrogen-bond donors (Lipinski definition) is 1. The third-order valence-corrected chi connectivity index (χ3v) is 4.26. The van der Waals surface area contributed by atoms with Crippen molar-refractivity contribution in [2.24, 2.45) is 11.8 Å². The lowest BCUT2D eigenvalue weighted by molar-refractivity contribution is -0.134. The van der Waals surface area contributed by atoms with Gasteiger partial charge in [-0.3, -0.25) is 9.59 Å². The summed E-state index contributed by atoms with van der Waals surface area (Å²) in [7, 11) is 1.63. The van der Waals surface area contributed by atoms with E-state index in [2.05, 4.69) is 18.5 Å². The second-order valence-corrected chi connectivity index (χ2v) is 5.75. The smallest absolute Gasteiger partial charge is 0.226 e. The first-order chi connectivity index (χ1) is 8.63. The Labute approximate surface area is 114 Å². The van der Waals surface area contributed by atoms with E-state index < -0.39 is 0 Å². The number of nitrogens with one attached hydrogen (secondary N) is 1. The molecule has 5 heteroatoms. The highest BCUT2D eigenvalue weighted by Gasteiger charge is 2.40. The van der Waals surface area contributed by atoms with Crippen LogP contribution in [0.25, 0.3) is 0 Å². The Kier molecular flexibility index (Phi) is 6.54. The third kappa shape index (κ3) is 3.90. The summed E-state index contributed by atoms with van der Waals surface area (Å²) in [5.41, 5.74) is 0. The van der Waals surface area contributed by atoms with E-state index in [0.29, 0.717) is 12.3 Å². The van der Waals surface area contributed by atoms with Crippen molar-refractivity contribution in [1.82, 2.24) is 10.2 Å². The fourth-order valence-corrected chi connectivity index (χ4v) is 3.19. The summed E-state index contributed by atoms with van der Waals surface area (Å²) < 4.78 is 0. The van der Waals surface area contributed by atoms with E-state index in [1.54, 1.807) is 18.8 Å². The summed E-state index contributed by atoms with van der Waals surface area (Å²) in [5.74, 6) is 1.30. The molecule has 0 aromatic rings. The van der Waals surface area contributed by atoms with Crippen LogP contribution in [0.5, 0.6) is 0 Å². The third-order valence-electron chi connectivity index (χ3n) is 3.50. The summed E-state index contributed by atoms with van der Waals surface area (Å²) in [4.78, 5) is 25.7. The molecule has 1 aliphatic rings. The lowest BCUT2D eigenvalue weighted by Gasteiger charge is -2.15. The molecule has 0 unspecified atom stereocenters. The van der Waals surface area contributed by atoms with E-state index in [9.17, 15) is 9.59 Å². The van der Waals surface area contributed by atoms with Crippen LogP contribution < -0.4 is 5.32 Å². The van der Waals surface area contributed by atoms with Gasteiger partial charge in [-0.1, -0.05) is 13.3 Å². The van der Waals surface area contributed by atoms with Crippen LogP contribution in [0, 0.1) is 11.8 Å². The van der Waals surface area contributed by atoms with Crippen molar-refractivity contribution < 1.29 is 9.59 Å². The van der Waals surface area contributed by atoms with E-state index in [0.717, 1.165) is 31.7 Å². The minimum Gasteiger partial charge on any atom is -0.359 e. The van der Waals surface area contributed by atoms with Gasteiger partial charge in [-0.2, -0.15) is 11.8 Å². The van der Waals surface area contributed by atoms with Crippen LogP contribution in [0.15, 0.2) is 0 Å². The summed E-state index contributed by atoms with van der Waals surface area (Å²) in [6.45, 7) is 3.79. The number of carbonyl (C=O) groups is 2. The first-order valence-corrected chi connectivity index (χ1v) is 8.01. The maximum Gasteiger partial charge on any atom is 0.226 e. The van der Waals surface area contributed by atoms with E-state index in [4.69, 9.17) is 0 Å². The van der Waals surface area contributed by atoms with Crippen molar-refractivity contribution in [2.75, 3.05) is 32.1 Å². The van der Waals surface area contributed by atoms with Gasteiger partial charge in [0.1, 0.15) is 0 Å². The van der Waals surface area contributed by atoms with Crippen LogP contribution in [0.4, 0.5) is 0 Å². The number of hydrogen-bond acceptors (Lipinski definition) is 3. The van der Waals surface area contributed by atoms with Crippen LogP contribution in [0.3, 0.4) is 0 Å². The summed E-state index contributed by atoms with van der Waals surface area (Å²) >= 11 is 1.75. The van der Waals surface area contributed by atoms with Crippen LogP contribution in [-0.2, 0) is 9.59 Å². The molecule has 0 bridgehead atoms. The molecular weight excluding hydrogens is 248 g/mol. The molecule has 1 fully saturated rings. The maximum absolute atomic E-state index is 12.3. The zero-order valence-corrected chi connectivity index (χ0v) is 12.4. The highest BCUT2D eigenvalue weighted by molar-refractivity contribution is 7.98. The van der Waals surface area contributed by atoms with Crippen LogP contribution in [0.2, 0.25) is 0 Å². The molecule has 4 nitrogen and oxygen atoms in total. The SMILES string of the molecule is CCCCN1C[C@H](CSC)[C@@H](CC(=O)NC)C1=O. The highest BCUT2D eigenvalue weighted by atomic mass is 32.2. The van der Waals surface area contributed by atoms with Gasteiger partial charge in [0, 0.05) is 26.6 Å². The lowest BCUT2D eigenvalue weighted by atomic mass is 9.93. The summed E-state index contributed by atoms with van der Waals surface area (Å²) in [6, 6.07) is 0. The Morgan fingerprint density at radius 3 is 2.83 bits per heavy atom. The zero-order chi connectivity index (χ0) is 13.5. The van der Waals surface area contributed by atoms with E-state index in [1.165, 1.54) is 0 Å². The molecule has 2 atom stereocenters. The van der Waals surface area contributed by atoms with Gasteiger partial charge >= 0.3 is 0 Å². The Balaban J connectivity index is 2.64. The second-order valence-electron chi connectivity index (χ2n) is 4.84. The second kappa shape index (κ2) is 7.67. The lowest BCUT2D eigenvalue weighted by Crippen LogP contribution is -2.31. The van der Waals surface area contributed by atoms with Gasteiger partial charge in [-0.25, -0.2) is 0 Å². The normalized spacial score (nSPS) is 23.5. The van der Waals surface area contributed by atoms with Crippen molar-refractivity contribution in [2.45, 2.75) is 26.2 Å². The van der Waals surface area contributed by atoms with Gasteiger partial charge in [-0.15, -0.1) is 0 Å². The summed E-state index contributed by atoms with van der Waals surface area (Å²) in [5, 5.41) is 2.62. The number of amides is 2. The molecule has 104 valence electrons. The number of rotatable bonds is 7. The van der Waals surface area contributed by atoms with Crippen molar-refractivity contribution >= 4 is 23.6 Å². The zero-order valence-electron chi connectivity index (χ0n) is 11.6. The van der Waals surface area contributed by atoms with Crippen molar-refractivity contribution in [1.29, 1.82) is 0 Å². The minimum atomic E-state index is -0.116. The Morgan fingerprint density at radius 2 is 2.28 bits per heavy atom. The molecule has 1 saturated heterocycles. The van der Waals surface area contributed by atoms with Crippen molar-refractivity contribution in [3.63, 3.8) is 0 Å². The van der Waals surface area contributed by atoms with Gasteiger partial charge in [-0.05, 0) is 24.3 Å². The van der Waals surface area contributed by atoms with Crippen molar-refractivity contribution in [3.8, 4) is 0 Å². The first-order valence-electron chi connectivity index (χ1n) is 6.62. The average molecular weight is 272 g/mol. The minimum absolute atomic E-state index is 0.0307. The summed E-state index contributed by atoms with van der Waals surface area (Å²) in [6.07, 6.45) is 4.53. The molecule has 0 aromatic carbocycles. The monoisotopic (exact) mass is 272 g/mol. The largest absolute Gasteiger partial charge is 0.359 e. The topological polar surface area (TPSA) is 49.4 Å². The molecule has 1 heterocycles. The average Bonchev–Trinajstić information content (AvgIpc) is 2.65. The molecule has 18 heavy (non-hydrogen) atoms. The van der Waals surface area contributed by atoms with Gasteiger partial charge in [0.25, 0.3) is 0 Å². The first kappa shape index (κ1) is 15.3. The standard InChI is InChI=1S/C13H24N2O2S/c1-4-5-6-15-8-10(9-18-3)11(13(15)17)7-12(16)14-2/h10-11H,4-9H2,1-3H3,(H,14,16)/t10-,11-/m1/s1. The quantitative estimate of drug-likeness (QED) is 0.761. The fraction of sp³-hybridized carbons (Fsp3) is 0.846.